The van der Waals surface area contributed by atoms with Crippen LogP contribution in [0.2, 0.25) is 0 Å². The van der Waals surface area contributed by atoms with E-state index in [1.54, 1.807) is 0 Å². The Kier molecular flexibility index (Phi) is 13.2. The Labute approximate surface area is 361 Å². The quantitative estimate of drug-likeness (QED) is 0.136. The van der Waals surface area contributed by atoms with Crippen molar-refractivity contribution < 1.29 is 0 Å². The van der Waals surface area contributed by atoms with Crippen LogP contribution in [0.5, 0.6) is 0 Å². The van der Waals surface area contributed by atoms with E-state index < -0.39 is 0 Å². The molecule has 3 saturated heterocycles. The van der Waals surface area contributed by atoms with Gasteiger partial charge in [-0.05, 0) is 108 Å². The zero-order valence-electron chi connectivity index (χ0n) is 34.3. The maximum Gasteiger partial charge on any atom is 0.164 e. The molecule has 0 N–H and O–H groups in total. The van der Waals surface area contributed by atoms with Gasteiger partial charge < -0.3 is 14.7 Å². The van der Waals surface area contributed by atoms with Crippen LogP contribution in [0.15, 0.2) is 146 Å². The number of rotatable bonds is 9. The lowest BCUT2D eigenvalue weighted by Gasteiger charge is -2.18. The van der Waals surface area contributed by atoms with E-state index in [1.807, 2.05) is 0 Å². The molecular formula is C51H48B3N6. The van der Waals surface area contributed by atoms with Gasteiger partial charge in [-0.25, -0.2) is 15.0 Å². The number of anilines is 3. The molecule has 1 aromatic heterocycles. The summed E-state index contributed by atoms with van der Waals surface area (Å²) in [5, 5.41) is 0. The second kappa shape index (κ2) is 18.9. The summed E-state index contributed by atoms with van der Waals surface area (Å²) in [6.45, 7) is 6.81. The van der Waals surface area contributed by atoms with Gasteiger partial charge in [0.05, 0.1) is 0 Å². The van der Waals surface area contributed by atoms with Gasteiger partial charge in [-0.2, -0.15) is 0 Å². The summed E-state index contributed by atoms with van der Waals surface area (Å²) in [4.78, 5) is 22.8. The van der Waals surface area contributed by atoms with Crippen molar-refractivity contribution in [3.63, 3.8) is 0 Å². The van der Waals surface area contributed by atoms with Gasteiger partial charge in [0, 0.05) is 98.3 Å². The lowest BCUT2D eigenvalue weighted by molar-refractivity contribution is 0.949. The minimum atomic E-state index is 0. The molecular weight excluding hydrogens is 729 g/mol. The maximum absolute atomic E-state index is 5.11. The molecule has 3 aliphatic heterocycles. The molecule has 9 heteroatoms. The monoisotopic (exact) mass is 777 g/mol. The summed E-state index contributed by atoms with van der Waals surface area (Å²) in [6, 6.07) is 52.8. The largest absolute Gasteiger partial charge is 0.372 e. The predicted octanol–water partition coefficient (Wildman–Crippen LogP) is 10.5. The van der Waals surface area contributed by atoms with Crippen molar-refractivity contribution in [2.24, 2.45) is 0 Å². The molecule has 6 nitrogen and oxygen atoms in total. The fourth-order valence-electron chi connectivity index (χ4n) is 8.77. The molecule has 0 unspecified atom stereocenters. The van der Waals surface area contributed by atoms with E-state index in [9.17, 15) is 0 Å². The Bertz CT molecular complexity index is 2200. The highest BCUT2D eigenvalue weighted by Gasteiger charge is 2.17. The van der Waals surface area contributed by atoms with Crippen molar-refractivity contribution in [2.75, 3.05) is 54.0 Å². The van der Waals surface area contributed by atoms with Crippen LogP contribution in [-0.4, -0.2) is 79.5 Å². The molecule has 0 saturated carbocycles. The van der Waals surface area contributed by atoms with Crippen LogP contribution < -0.4 is 14.7 Å². The van der Waals surface area contributed by atoms with Crippen molar-refractivity contribution in [1.29, 1.82) is 0 Å². The zero-order valence-corrected chi connectivity index (χ0v) is 34.3. The molecule has 3 fully saturated rings. The number of hydrogen-bond acceptors (Lipinski definition) is 6. The average Bonchev–Trinajstić information content (AvgIpc) is 4.13. The van der Waals surface area contributed by atoms with Crippen molar-refractivity contribution in [2.45, 2.75) is 38.5 Å². The molecule has 7 aromatic rings. The van der Waals surface area contributed by atoms with Crippen LogP contribution in [0.1, 0.15) is 38.5 Å². The van der Waals surface area contributed by atoms with Crippen LogP contribution in [0, 0.1) is 0 Å². The molecule has 291 valence electrons. The first kappa shape index (κ1) is 42.1. The summed E-state index contributed by atoms with van der Waals surface area (Å²) in [5.74, 6) is 1.99. The average molecular weight is 777 g/mol. The molecule has 0 spiro atoms. The Morgan fingerprint density at radius 3 is 0.750 bits per heavy atom. The fraction of sp³-hybridized carbons (Fsp3) is 0.235. The van der Waals surface area contributed by atoms with Crippen LogP contribution in [0.25, 0.3) is 67.5 Å². The molecule has 4 heterocycles. The minimum Gasteiger partial charge on any atom is -0.372 e. The summed E-state index contributed by atoms with van der Waals surface area (Å²) in [7, 11) is 0. The van der Waals surface area contributed by atoms with Gasteiger partial charge in [-0.15, -0.1) is 0 Å². The molecule has 60 heavy (non-hydrogen) atoms. The van der Waals surface area contributed by atoms with E-state index in [2.05, 4.69) is 160 Å². The highest BCUT2D eigenvalue weighted by Crippen LogP contribution is 2.33. The van der Waals surface area contributed by atoms with Crippen molar-refractivity contribution in [3.05, 3.63) is 146 Å². The fourth-order valence-corrected chi connectivity index (χ4v) is 8.77. The van der Waals surface area contributed by atoms with Gasteiger partial charge in [0.1, 0.15) is 0 Å². The van der Waals surface area contributed by atoms with E-state index >= 15 is 0 Å². The molecule has 3 aliphatic rings. The third kappa shape index (κ3) is 8.91. The lowest BCUT2D eigenvalue weighted by atomic mass is 10.0. The lowest BCUT2D eigenvalue weighted by Crippen LogP contribution is -2.17. The number of nitrogens with zero attached hydrogens (tertiary/aromatic N) is 6. The third-order valence-electron chi connectivity index (χ3n) is 12.0. The van der Waals surface area contributed by atoms with Gasteiger partial charge >= 0.3 is 0 Å². The van der Waals surface area contributed by atoms with E-state index in [0.717, 1.165) is 56.0 Å². The molecule has 0 aliphatic carbocycles. The Hall–Kier alpha value is -6.08. The normalized spacial score (nSPS) is 14.7. The smallest absolute Gasteiger partial charge is 0.164 e. The van der Waals surface area contributed by atoms with E-state index in [1.165, 1.54) is 89.0 Å². The van der Waals surface area contributed by atoms with Gasteiger partial charge in [-0.3, -0.25) is 0 Å². The first-order valence-electron chi connectivity index (χ1n) is 20.8. The van der Waals surface area contributed by atoms with Crippen LogP contribution in [-0.2, 0) is 0 Å². The summed E-state index contributed by atoms with van der Waals surface area (Å²) in [5.41, 5.74) is 14.0. The van der Waals surface area contributed by atoms with Crippen molar-refractivity contribution in [3.8, 4) is 67.5 Å². The number of benzene rings is 6. The van der Waals surface area contributed by atoms with Gasteiger partial charge in [0.2, 0.25) is 0 Å². The molecule has 6 aromatic carbocycles. The highest BCUT2D eigenvalue weighted by atomic mass is 15.2. The van der Waals surface area contributed by atoms with E-state index in [4.69, 9.17) is 15.0 Å². The Morgan fingerprint density at radius 1 is 0.267 bits per heavy atom. The van der Waals surface area contributed by atoms with Gasteiger partial charge in [0.15, 0.2) is 17.5 Å². The van der Waals surface area contributed by atoms with Crippen molar-refractivity contribution >= 4 is 42.3 Å². The van der Waals surface area contributed by atoms with Crippen molar-refractivity contribution in [1.82, 2.24) is 15.0 Å². The zero-order chi connectivity index (χ0) is 38.0. The van der Waals surface area contributed by atoms with E-state index in [-0.39, 0.29) is 25.2 Å². The standard InChI is InChI=1S/C51H48N6.3B/c1-2-29-55(28-1)46-13-7-10-43(34-46)37-16-22-40(23-17-37)49-52-50(41-24-18-38(19-25-41)44-11-8-14-47(35-44)56-30-3-4-31-56)54-51(53-49)42-26-20-39(21-27-42)45-12-9-15-48(36-45)57-32-5-6-33-57;;;/h7-27,34-36H,1-6,28-33H2;;;. The summed E-state index contributed by atoms with van der Waals surface area (Å²) < 4.78 is 0. The van der Waals surface area contributed by atoms with Crippen LogP contribution >= 0.6 is 0 Å². The second-order valence-electron chi connectivity index (χ2n) is 15.8. The van der Waals surface area contributed by atoms with E-state index in [0.29, 0.717) is 17.5 Å². The SMILES string of the molecule is [B].[B].[B].c1cc(-c2ccc(-c3nc(-c4ccc(-c5cccc(N6CCCC6)c5)cc4)nc(-c4ccc(-c5cccc(N6CCCC6)c5)cc4)n3)cc2)cc(N2CCCC2)c1. The third-order valence-corrected chi connectivity index (χ3v) is 12.0. The number of aromatic nitrogens is 3. The Morgan fingerprint density at radius 2 is 0.500 bits per heavy atom. The molecule has 0 atom stereocenters. The van der Waals surface area contributed by atoms with Crippen LogP contribution in [0.4, 0.5) is 17.1 Å². The summed E-state index contributed by atoms with van der Waals surface area (Å²) in [6.07, 6.45) is 7.60. The van der Waals surface area contributed by atoms with Gasteiger partial charge in [0.25, 0.3) is 0 Å². The molecule has 9 radical (unpaired) electrons. The molecule has 0 bridgehead atoms. The second-order valence-corrected chi connectivity index (χ2v) is 15.8. The summed E-state index contributed by atoms with van der Waals surface area (Å²) >= 11 is 0. The topological polar surface area (TPSA) is 48.4 Å². The maximum atomic E-state index is 5.11. The molecule has 10 rings (SSSR count). The molecule has 0 amide bonds. The first-order chi connectivity index (χ1) is 28.2. The first-order valence-corrected chi connectivity index (χ1v) is 20.8. The highest BCUT2D eigenvalue weighted by molar-refractivity contribution is 5.77. The Balaban J connectivity index is 0.00000181. The minimum absolute atomic E-state index is 0. The van der Waals surface area contributed by atoms with Crippen LogP contribution in [0.3, 0.4) is 0 Å². The predicted molar refractivity (Wildman–Crippen MR) is 254 cm³/mol. The number of hydrogen-bond donors (Lipinski definition) is 0. The van der Waals surface area contributed by atoms with Gasteiger partial charge in [-0.1, -0.05) is 109 Å².